The molecule has 2 heterocycles. The largest absolute Gasteiger partial charge is 0.311 e. The second-order valence-corrected chi connectivity index (χ2v) is 3.83. The van der Waals surface area contributed by atoms with Crippen molar-refractivity contribution < 1.29 is 13.2 Å². The molecule has 0 unspecified atom stereocenters. The summed E-state index contributed by atoms with van der Waals surface area (Å²) in [7, 11) is 1.64. The van der Waals surface area contributed by atoms with E-state index < -0.39 is 17.6 Å². The van der Waals surface area contributed by atoms with Gasteiger partial charge in [0.25, 0.3) is 0 Å². The number of aromatic nitrogens is 4. The van der Waals surface area contributed by atoms with Crippen LogP contribution in [0.2, 0.25) is 0 Å². The van der Waals surface area contributed by atoms with Crippen LogP contribution in [0.3, 0.4) is 0 Å². The summed E-state index contributed by atoms with van der Waals surface area (Å²) in [6, 6.07) is 0.445. The van der Waals surface area contributed by atoms with Gasteiger partial charge < -0.3 is 4.57 Å². The highest BCUT2D eigenvalue weighted by Crippen LogP contribution is 2.26. The molecule has 8 heteroatoms. The molecule has 0 aliphatic heterocycles. The van der Waals surface area contributed by atoms with E-state index in [1.807, 2.05) is 0 Å². The van der Waals surface area contributed by atoms with Gasteiger partial charge in [-0.3, -0.25) is 0 Å². The van der Waals surface area contributed by atoms with Crippen LogP contribution in [0.15, 0.2) is 22.6 Å². The van der Waals surface area contributed by atoms with Gasteiger partial charge in [0, 0.05) is 13.1 Å². The van der Waals surface area contributed by atoms with E-state index in [9.17, 15) is 13.2 Å². The van der Waals surface area contributed by atoms with E-state index in [2.05, 4.69) is 15.2 Å². The van der Waals surface area contributed by atoms with Crippen LogP contribution in [0.1, 0.15) is 0 Å². The van der Waals surface area contributed by atoms with Gasteiger partial charge in [0.15, 0.2) is 16.8 Å². The van der Waals surface area contributed by atoms with E-state index in [1.54, 1.807) is 7.05 Å². The van der Waals surface area contributed by atoms with Crippen molar-refractivity contribution in [2.45, 2.75) is 10.2 Å². The fourth-order valence-electron chi connectivity index (χ4n) is 0.952. The Kier molecular flexibility index (Phi) is 2.82. The molecule has 4 nitrogen and oxygen atoms in total. The van der Waals surface area contributed by atoms with Crippen molar-refractivity contribution in [3.8, 4) is 0 Å². The lowest BCUT2D eigenvalue weighted by molar-refractivity contribution is 0.448. The van der Waals surface area contributed by atoms with Crippen molar-refractivity contribution >= 4 is 11.8 Å². The molecule has 16 heavy (non-hydrogen) atoms. The van der Waals surface area contributed by atoms with Gasteiger partial charge in [-0.1, -0.05) is 0 Å². The number of hydrogen-bond donors (Lipinski definition) is 0. The van der Waals surface area contributed by atoms with Gasteiger partial charge in [-0.05, 0) is 11.8 Å². The topological polar surface area (TPSA) is 43.6 Å². The molecule has 0 aliphatic carbocycles. The highest BCUT2D eigenvalue weighted by Gasteiger charge is 2.14. The Labute approximate surface area is 92.5 Å². The fourth-order valence-corrected chi connectivity index (χ4v) is 1.69. The van der Waals surface area contributed by atoms with Gasteiger partial charge in [0.05, 0.1) is 0 Å². The monoisotopic (exact) mass is 246 g/mol. The average molecular weight is 246 g/mol. The molecule has 2 aromatic heterocycles. The summed E-state index contributed by atoms with van der Waals surface area (Å²) < 4.78 is 40.1. The maximum absolute atomic E-state index is 13.2. The first-order chi connectivity index (χ1) is 7.58. The SMILES string of the molecule is Cn1cnnc1Sc1nc(F)c(F)cc1F. The van der Waals surface area contributed by atoms with Gasteiger partial charge in [-0.25, -0.2) is 13.8 Å². The Hall–Kier alpha value is -1.57. The van der Waals surface area contributed by atoms with Crippen LogP contribution in [0, 0.1) is 17.6 Å². The Balaban J connectivity index is 2.35. The predicted octanol–water partition coefficient (Wildman–Crippen LogP) is 1.78. The van der Waals surface area contributed by atoms with Crippen LogP contribution in [-0.4, -0.2) is 19.7 Å². The zero-order valence-corrected chi connectivity index (χ0v) is 8.80. The molecule has 0 N–H and O–H groups in total. The first-order valence-corrected chi connectivity index (χ1v) is 4.93. The quantitative estimate of drug-likeness (QED) is 0.757. The van der Waals surface area contributed by atoms with Crippen molar-refractivity contribution in [3.05, 3.63) is 30.0 Å². The van der Waals surface area contributed by atoms with Crippen LogP contribution in [0.4, 0.5) is 13.2 Å². The predicted molar refractivity (Wildman–Crippen MR) is 49.2 cm³/mol. The van der Waals surface area contributed by atoms with Crippen LogP contribution in [0.5, 0.6) is 0 Å². The van der Waals surface area contributed by atoms with Gasteiger partial charge in [0.1, 0.15) is 11.4 Å². The fraction of sp³-hybridized carbons (Fsp3) is 0.125. The highest BCUT2D eigenvalue weighted by atomic mass is 32.2. The summed E-state index contributed by atoms with van der Waals surface area (Å²) in [5.41, 5.74) is 0. The zero-order valence-electron chi connectivity index (χ0n) is 7.99. The first-order valence-electron chi connectivity index (χ1n) is 4.11. The Morgan fingerprint density at radius 3 is 2.62 bits per heavy atom. The second-order valence-electron chi connectivity index (χ2n) is 2.87. The molecule has 0 spiro atoms. The molecule has 2 rings (SSSR count). The summed E-state index contributed by atoms with van der Waals surface area (Å²) >= 11 is 0.767. The molecule has 84 valence electrons. The molecule has 0 radical (unpaired) electrons. The van der Waals surface area contributed by atoms with Crippen molar-refractivity contribution in [3.63, 3.8) is 0 Å². The molecule has 0 amide bonds. The molecule has 0 bridgehead atoms. The molecule has 0 atom stereocenters. The third-order valence-corrected chi connectivity index (χ3v) is 2.74. The van der Waals surface area contributed by atoms with Crippen LogP contribution < -0.4 is 0 Å². The van der Waals surface area contributed by atoms with E-state index in [0.29, 0.717) is 11.2 Å². The summed E-state index contributed by atoms with van der Waals surface area (Å²) in [5, 5.41) is 7.27. The van der Waals surface area contributed by atoms with Gasteiger partial charge in [-0.2, -0.15) is 4.39 Å². The maximum atomic E-state index is 13.2. The van der Waals surface area contributed by atoms with Gasteiger partial charge in [-0.15, -0.1) is 10.2 Å². The normalized spacial score (nSPS) is 10.8. The number of rotatable bonds is 2. The molecule has 2 aromatic rings. The molecule has 0 aromatic carbocycles. The lowest BCUT2D eigenvalue weighted by Gasteiger charge is -2.01. The summed E-state index contributed by atoms with van der Waals surface area (Å²) in [6.07, 6.45) is 1.40. The van der Waals surface area contributed by atoms with Crippen molar-refractivity contribution in [1.29, 1.82) is 0 Å². The number of nitrogens with zero attached hydrogens (tertiary/aromatic N) is 4. The van der Waals surface area contributed by atoms with Crippen LogP contribution >= 0.6 is 11.8 Å². The minimum absolute atomic E-state index is 0.282. The first kappa shape index (κ1) is 10.9. The average Bonchev–Trinajstić information content (AvgIpc) is 2.61. The smallest absolute Gasteiger partial charge is 0.250 e. The third-order valence-electron chi connectivity index (χ3n) is 1.71. The highest BCUT2D eigenvalue weighted by molar-refractivity contribution is 7.99. The number of aryl methyl sites for hydroxylation is 1. The lowest BCUT2D eigenvalue weighted by Crippen LogP contribution is -1.97. The number of hydrogen-bond acceptors (Lipinski definition) is 4. The third kappa shape index (κ3) is 2.01. The lowest BCUT2D eigenvalue weighted by atomic mass is 10.4. The van der Waals surface area contributed by atoms with E-state index in [1.165, 1.54) is 10.9 Å². The number of halogens is 3. The Bertz CT molecular complexity index is 528. The van der Waals surface area contributed by atoms with Crippen molar-refractivity contribution in [2.75, 3.05) is 0 Å². The minimum atomic E-state index is -1.34. The van der Waals surface area contributed by atoms with E-state index in [-0.39, 0.29) is 5.03 Å². The second kappa shape index (κ2) is 4.12. The molecular weight excluding hydrogens is 241 g/mol. The molecule has 0 fully saturated rings. The van der Waals surface area contributed by atoms with Crippen molar-refractivity contribution in [1.82, 2.24) is 19.7 Å². The molecule has 0 saturated heterocycles. The Morgan fingerprint density at radius 2 is 2.00 bits per heavy atom. The summed E-state index contributed by atoms with van der Waals surface area (Å²) in [4.78, 5) is 3.15. The van der Waals surface area contributed by atoms with E-state index >= 15 is 0 Å². The molecule has 0 aliphatic rings. The van der Waals surface area contributed by atoms with Crippen molar-refractivity contribution in [2.24, 2.45) is 7.05 Å². The molecular formula is C8H5F3N4S. The molecule has 0 saturated carbocycles. The zero-order chi connectivity index (χ0) is 11.7. The van der Waals surface area contributed by atoms with Gasteiger partial charge in [0.2, 0.25) is 5.95 Å². The maximum Gasteiger partial charge on any atom is 0.250 e. The number of pyridine rings is 1. The minimum Gasteiger partial charge on any atom is -0.311 e. The standard InChI is InChI=1S/C8H5F3N4S/c1-15-3-12-14-8(15)16-7-5(10)2-4(9)6(11)13-7/h2-3H,1H3. The van der Waals surface area contributed by atoms with E-state index in [0.717, 1.165) is 11.8 Å². The summed E-state index contributed by atoms with van der Waals surface area (Å²) in [6.45, 7) is 0. The van der Waals surface area contributed by atoms with Crippen LogP contribution in [0.25, 0.3) is 0 Å². The van der Waals surface area contributed by atoms with E-state index in [4.69, 9.17) is 0 Å². The summed E-state index contributed by atoms with van der Waals surface area (Å²) in [5.74, 6) is -3.60. The van der Waals surface area contributed by atoms with Gasteiger partial charge >= 0.3 is 0 Å². The van der Waals surface area contributed by atoms with Crippen LogP contribution in [-0.2, 0) is 7.05 Å². The Morgan fingerprint density at radius 1 is 1.25 bits per heavy atom.